The van der Waals surface area contributed by atoms with Gasteiger partial charge in [0.25, 0.3) is 0 Å². The third-order valence-electron chi connectivity index (χ3n) is 3.80. The predicted molar refractivity (Wildman–Crippen MR) is 77.1 cm³/mol. The summed E-state index contributed by atoms with van der Waals surface area (Å²) in [6.45, 7) is -3.20. The highest BCUT2D eigenvalue weighted by Gasteiger charge is 2.93. The maximum Gasteiger partial charge on any atom is 0.460 e. The molecule has 3 nitrogen and oxygen atoms in total. The van der Waals surface area contributed by atoms with Crippen LogP contribution in [0.4, 0.5) is 76.3 Å². The Hall–Kier alpha value is -2.56. The number of ether oxygens (including phenoxy) is 1. The summed E-state index contributed by atoms with van der Waals surface area (Å²) in [6, 6.07) is 5.96. The molecular formula is C15H8F15NO2. The third-order valence-corrected chi connectivity index (χ3v) is 3.80. The number of carbonyl (C=O) groups is 1. The van der Waals surface area contributed by atoms with Gasteiger partial charge in [-0.05, 0) is 12.1 Å². The van der Waals surface area contributed by atoms with Gasteiger partial charge in [-0.25, -0.2) is 4.79 Å². The molecule has 0 heterocycles. The molecule has 18 heteroatoms. The minimum absolute atomic E-state index is 0.247. The van der Waals surface area contributed by atoms with Crippen molar-refractivity contribution in [2.24, 2.45) is 0 Å². The summed E-state index contributed by atoms with van der Waals surface area (Å²) in [7, 11) is 0. The quantitative estimate of drug-likeness (QED) is 0.393. The van der Waals surface area contributed by atoms with Crippen LogP contribution in [0.1, 0.15) is 0 Å². The van der Waals surface area contributed by atoms with Gasteiger partial charge in [0.05, 0.1) is 0 Å². The zero-order valence-corrected chi connectivity index (χ0v) is 15.1. The molecule has 0 aliphatic carbocycles. The monoisotopic (exact) mass is 519 g/mol. The molecular weight excluding hydrogens is 511 g/mol. The smallest absolute Gasteiger partial charge is 0.443 e. The summed E-state index contributed by atoms with van der Waals surface area (Å²) in [5, 5.41) is 1.58. The first-order valence-corrected chi connectivity index (χ1v) is 7.80. The van der Waals surface area contributed by atoms with Gasteiger partial charge in [-0.3, -0.25) is 5.32 Å². The summed E-state index contributed by atoms with van der Waals surface area (Å²) >= 11 is 0. The standard InChI is InChI=1S/C15H8F15NO2/c16-9(17,6-33-8(32)31-7-4-2-1-3-5-7)10(18,19)11(20,21)12(22,23)13(24,25)14(26,27)15(28,29)30/h1-5H,6H2,(H,31,32). The Bertz CT molecular complexity index is 835. The van der Waals surface area contributed by atoms with Crippen molar-refractivity contribution in [2.75, 3.05) is 11.9 Å². The van der Waals surface area contributed by atoms with Crippen molar-refractivity contribution in [3.05, 3.63) is 30.3 Å². The van der Waals surface area contributed by atoms with E-state index in [9.17, 15) is 70.7 Å². The number of carbonyl (C=O) groups excluding carboxylic acids is 1. The van der Waals surface area contributed by atoms with Gasteiger partial charge >= 0.3 is 47.8 Å². The molecule has 1 aromatic rings. The molecule has 0 aromatic heterocycles. The van der Waals surface area contributed by atoms with Gasteiger partial charge in [-0.2, -0.15) is 65.9 Å². The number of para-hydroxylation sites is 1. The molecule has 0 unspecified atom stereocenters. The average molecular weight is 519 g/mol. The van der Waals surface area contributed by atoms with Gasteiger partial charge in [0, 0.05) is 5.69 Å². The van der Waals surface area contributed by atoms with Gasteiger partial charge in [-0.1, -0.05) is 18.2 Å². The van der Waals surface area contributed by atoms with Crippen LogP contribution in [0.2, 0.25) is 0 Å². The van der Waals surface area contributed by atoms with Gasteiger partial charge in [-0.15, -0.1) is 0 Å². The molecule has 1 aromatic carbocycles. The largest absolute Gasteiger partial charge is 0.460 e. The van der Waals surface area contributed by atoms with E-state index in [1.165, 1.54) is 18.2 Å². The van der Waals surface area contributed by atoms with Crippen LogP contribution in [-0.4, -0.2) is 54.4 Å². The Kier molecular flexibility index (Phi) is 7.19. The number of rotatable bonds is 8. The van der Waals surface area contributed by atoms with E-state index < -0.39 is 54.4 Å². The lowest BCUT2D eigenvalue weighted by atomic mass is 9.91. The minimum atomic E-state index is -8.39. The summed E-state index contributed by atoms with van der Waals surface area (Å²) in [6.07, 6.45) is -9.74. The van der Waals surface area contributed by atoms with Crippen molar-refractivity contribution in [1.82, 2.24) is 0 Å². The molecule has 0 fully saturated rings. The number of benzene rings is 1. The molecule has 0 bridgehead atoms. The molecule has 190 valence electrons. The highest BCUT2D eigenvalue weighted by molar-refractivity contribution is 5.84. The Morgan fingerprint density at radius 1 is 0.636 bits per heavy atom. The second-order valence-corrected chi connectivity index (χ2v) is 6.14. The first-order chi connectivity index (χ1) is 14.5. The second kappa shape index (κ2) is 8.34. The first-order valence-electron chi connectivity index (χ1n) is 7.80. The van der Waals surface area contributed by atoms with E-state index in [1.807, 2.05) is 0 Å². The molecule has 0 aliphatic rings. The van der Waals surface area contributed by atoms with Crippen LogP contribution in [-0.2, 0) is 4.74 Å². The SMILES string of the molecule is O=C(Nc1ccccc1)OCC(F)(F)C(F)(F)C(F)(F)C(F)(F)C(F)(F)C(F)(F)C(F)(F)F. The lowest BCUT2D eigenvalue weighted by Crippen LogP contribution is -2.73. The molecule has 0 spiro atoms. The Morgan fingerprint density at radius 2 is 1.03 bits per heavy atom. The lowest BCUT2D eigenvalue weighted by molar-refractivity contribution is -0.453. The molecule has 0 radical (unpaired) electrons. The van der Waals surface area contributed by atoms with E-state index in [0.29, 0.717) is 0 Å². The summed E-state index contributed by atoms with van der Waals surface area (Å²) in [4.78, 5) is 11.2. The lowest BCUT2D eigenvalue weighted by Gasteiger charge is -2.41. The third kappa shape index (κ3) is 4.60. The van der Waals surface area contributed by atoms with Crippen molar-refractivity contribution in [2.45, 2.75) is 41.7 Å². The van der Waals surface area contributed by atoms with Crippen LogP contribution in [0, 0.1) is 0 Å². The van der Waals surface area contributed by atoms with Crippen LogP contribution >= 0.6 is 0 Å². The van der Waals surface area contributed by atoms with Crippen molar-refractivity contribution in [3.63, 3.8) is 0 Å². The number of halogens is 15. The van der Waals surface area contributed by atoms with Gasteiger partial charge < -0.3 is 4.74 Å². The summed E-state index contributed by atoms with van der Waals surface area (Å²) in [5.74, 6) is -47.4. The van der Waals surface area contributed by atoms with Crippen molar-refractivity contribution >= 4 is 11.8 Å². The predicted octanol–water partition coefficient (Wildman–Crippen LogP) is 6.61. The van der Waals surface area contributed by atoms with Crippen molar-refractivity contribution in [3.8, 4) is 0 Å². The summed E-state index contributed by atoms with van der Waals surface area (Å²) in [5.41, 5.74) is -0.247. The number of alkyl halides is 15. The second-order valence-electron chi connectivity index (χ2n) is 6.14. The topological polar surface area (TPSA) is 38.3 Å². The zero-order valence-electron chi connectivity index (χ0n) is 15.1. The van der Waals surface area contributed by atoms with Gasteiger partial charge in [0.15, 0.2) is 6.61 Å². The van der Waals surface area contributed by atoms with Gasteiger partial charge in [0.1, 0.15) is 0 Å². The van der Waals surface area contributed by atoms with Crippen LogP contribution in [0.15, 0.2) is 30.3 Å². The first kappa shape index (κ1) is 28.5. The number of hydrogen-bond acceptors (Lipinski definition) is 2. The molecule has 0 saturated heterocycles. The normalized spacial score (nSPS) is 14.8. The van der Waals surface area contributed by atoms with Crippen LogP contribution in [0.25, 0.3) is 0 Å². The van der Waals surface area contributed by atoms with Gasteiger partial charge in [0.2, 0.25) is 0 Å². The van der Waals surface area contributed by atoms with E-state index in [2.05, 4.69) is 4.74 Å². The summed E-state index contributed by atoms with van der Waals surface area (Å²) < 4.78 is 198. The zero-order chi connectivity index (χ0) is 26.3. The Labute approximate surface area is 172 Å². The minimum Gasteiger partial charge on any atom is -0.443 e. The van der Waals surface area contributed by atoms with E-state index in [1.54, 1.807) is 5.32 Å². The number of amides is 1. The fraction of sp³-hybridized carbons (Fsp3) is 0.533. The van der Waals surface area contributed by atoms with Crippen molar-refractivity contribution < 1.29 is 75.4 Å². The van der Waals surface area contributed by atoms with Crippen molar-refractivity contribution in [1.29, 1.82) is 0 Å². The molecule has 1 N–H and O–H groups in total. The number of nitrogens with one attached hydrogen (secondary N) is 1. The average Bonchev–Trinajstić information content (AvgIpc) is 2.65. The number of hydrogen-bond donors (Lipinski definition) is 1. The van der Waals surface area contributed by atoms with E-state index >= 15 is 0 Å². The molecule has 1 rings (SSSR count). The molecule has 0 saturated carbocycles. The Balaban J connectivity index is 3.22. The van der Waals surface area contributed by atoms with E-state index in [-0.39, 0.29) is 5.69 Å². The molecule has 0 atom stereocenters. The van der Waals surface area contributed by atoms with Crippen LogP contribution in [0.3, 0.4) is 0 Å². The molecule has 0 aliphatic heterocycles. The van der Waals surface area contributed by atoms with E-state index in [4.69, 9.17) is 0 Å². The van der Waals surface area contributed by atoms with Crippen LogP contribution in [0.5, 0.6) is 0 Å². The highest BCUT2D eigenvalue weighted by Crippen LogP contribution is 2.62. The fourth-order valence-corrected chi connectivity index (χ4v) is 1.92. The maximum absolute atomic E-state index is 13.5. The van der Waals surface area contributed by atoms with E-state index in [0.717, 1.165) is 12.1 Å². The molecule has 33 heavy (non-hydrogen) atoms. The maximum atomic E-state index is 13.5. The fourth-order valence-electron chi connectivity index (χ4n) is 1.92. The molecule has 1 amide bonds. The van der Waals surface area contributed by atoms with Crippen LogP contribution < -0.4 is 5.32 Å². The Morgan fingerprint density at radius 3 is 1.45 bits per heavy atom. The number of anilines is 1. The highest BCUT2D eigenvalue weighted by atomic mass is 19.4.